The highest BCUT2D eigenvalue weighted by Gasteiger charge is 2.30. The minimum Gasteiger partial charge on any atom is -0.507 e. The fourth-order valence-electron chi connectivity index (χ4n) is 8.33. The van der Waals surface area contributed by atoms with Crippen molar-refractivity contribution in [2.45, 2.75) is 112 Å². The third-order valence-electron chi connectivity index (χ3n) is 11.7. The molecule has 0 atom stereocenters. The number of fused-ring (bicyclic) bond motifs is 1. The highest BCUT2D eigenvalue weighted by Crippen LogP contribution is 2.46. The zero-order chi connectivity index (χ0) is 61.1. The van der Waals surface area contributed by atoms with E-state index in [2.05, 4.69) is 0 Å². The van der Waals surface area contributed by atoms with Gasteiger partial charge in [-0.1, -0.05) is 155 Å². The lowest BCUT2D eigenvalue weighted by molar-refractivity contribution is 0.446. The van der Waals surface area contributed by atoms with E-state index in [0.29, 0.717) is 45.1 Å². The fourth-order valence-corrected chi connectivity index (χ4v) is 8.33. The summed E-state index contributed by atoms with van der Waals surface area (Å²) in [6.45, 7) is -11.1. The first kappa shape index (κ1) is 25.8. The summed E-state index contributed by atoms with van der Waals surface area (Å²) in [6, 6.07) is 36.1. The number of imidazole rings is 1. The maximum Gasteiger partial charge on any atom is 0.149 e. The molecule has 0 aliphatic rings. The van der Waals surface area contributed by atoms with Crippen LogP contribution < -0.4 is 0 Å². The van der Waals surface area contributed by atoms with Crippen LogP contribution in [0, 0.1) is 13.8 Å². The molecule has 6 aromatic carbocycles. The molecule has 63 heavy (non-hydrogen) atoms. The summed E-state index contributed by atoms with van der Waals surface area (Å²) in [4.78, 5) is 10.0. The van der Waals surface area contributed by atoms with Gasteiger partial charge in [-0.15, -0.1) is 0 Å². The molecule has 0 fully saturated rings. The standard InChI is InChI=1S/C59H63N3O/c1-36(2)40-25-26-51(47(32-40)39-21-15-14-16-22-39)62-52-24-18-23-46(54(52)61-56(62)48-34-45(58(8,9)10)35-49(55(48)63)59(11,12)13)42-29-43(31-44(30-42)57(5,6)7)50-33-41(27-28-60-50)53-37(3)19-17-20-38(53)4/h14-36,63H,1-13H3/i8D3,9D3,10D3,11D3,12D3,13D3,36D. The molecule has 8 aromatic rings. The van der Waals surface area contributed by atoms with Crippen molar-refractivity contribution in [1.82, 2.24) is 14.5 Å². The first-order valence-corrected chi connectivity index (χ1v) is 20.8. The van der Waals surface area contributed by atoms with E-state index in [-0.39, 0.29) is 22.8 Å². The lowest BCUT2D eigenvalue weighted by Crippen LogP contribution is -2.17. The molecule has 1 N–H and O–H groups in total. The Morgan fingerprint density at radius 2 is 1.29 bits per heavy atom. The predicted octanol–water partition coefficient (Wildman–Crippen LogP) is 16.1. The quantitative estimate of drug-likeness (QED) is 0.174. The van der Waals surface area contributed by atoms with Crippen LogP contribution in [0.1, 0.15) is 141 Å². The maximum absolute atomic E-state index is 13.1. The Kier molecular flexibility index (Phi) is 6.60. The fraction of sp³-hybridized carbons (Fsp3) is 0.288. The molecule has 8 rings (SSSR count). The van der Waals surface area contributed by atoms with Crippen molar-refractivity contribution in [1.29, 1.82) is 0 Å². The molecule has 0 aliphatic carbocycles. The van der Waals surface area contributed by atoms with Gasteiger partial charge in [0, 0.05) is 54.5 Å². The summed E-state index contributed by atoms with van der Waals surface area (Å²) in [5.41, 5.74) is -2.61. The average Bonchev–Trinajstić information content (AvgIpc) is 3.89. The monoisotopic (exact) mass is 849 g/mol. The van der Waals surface area contributed by atoms with Crippen LogP contribution in [0.5, 0.6) is 5.75 Å². The van der Waals surface area contributed by atoms with Gasteiger partial charge in [0.15, 0.2) is 0 Å². The van der Waals surface area contributed by atoms with Crippen LogP contribution in [-0.4, -0.2) is 19.6 Å². The van der Waals surface area contributed by atoms with Crippen molar-refractivity contribution in [3.8, 4) is 67.5 Å². The molecule has 2 aromatic heterocycles. The molecule has 0 unspecified atom stereocenters. The largest absolute Gasteiger partial charge is 0.507 e. The van der Waals surface area contributed by atoms with Crippen molar-refractivity contribution in [3.05, 3.63) is 167 Å². The number of aromatic nitrogens is 3. The molecule has 320 valence electrons. The molecule has 0 saturated carbocycles. The normalized spacial score (nSPS) is 18.2. The smallest absolute Gasteiger partial charge is 0.149 e. The van der Waals surface area contributed by atoms with Gasteiger partial charge in [-0.05, 0) is 135 Å². The molecule has 0 spiro atoms. The van der Waals surface area contributed by atoms with Crippen LogP contribution in [0.25, 0.3) is 72.7 Å². The molecular weight excluding hydrogens is 767 g/mol. The third kappa shape index (κ3) is 8.36. The van der Waals surface area contributed by atoms with E-state index in [1.165, 1.54) is 4.57 Å². The molecule has 0 bridgehead atoms. The summed E-state index contributed by atoms with van der Waals surface area (Å²) in [7, 11) is 0. The predicted molar refractivity (Wildman–Crippen MR) is 267 cm³/mol. The highest BCUT2D eigenvalue weighted by molar-refractivity contribution is 5.98. The lowest BCUT2D eigenvalue weighted by atomic mass is 9.79. The van der Waals surface area contributed by atoms with Crippen LogP contribution in [0.3, 0.4) is 0 Å². The molecule has 4 heteroatoms. The second-order valence-corrected chi connectivity index (χ2v) is 17.7. The minimum absolute atomic E-state index is 0.157. The van der Waals surface area contributed by atoms with Crippen molar-refractivity contribution < 1.29 is 31.2 Å². The van der Waals surface area contributed by atoms with Gasteiger partial charge in [0.1, 0.15) is 11.6 Å². The number of rotatable bonds is 7. The average molecular weight is 849 g/mol. The summed E-state index contributed by atoms with van der Waals surface area (Å²) < 4.78 is 169. The van der Waals surface area contributed by atoms with E-state index < -0.39 is 91.5 Å². The van der Waals surface area contributed by atoms with Crippen molar-refractivity contribution in [3.63, 3.8) is 0 Å². The van der Waals surface area contributed by atoms with Crippen LogP contribution in [0.4, 0.5) is 0 Å². The van der Waals surface area contributed by atoms with Gasteiger partial charge >= 0.3 is 0 Å². The number of hydrogen-bond donors (Lipinski definition) is 1. The minimum atomic E-state index is -4.16. The van der Waals surface area contributed by atoms with Crippen LogP contribution >= 0.6 is 0 Å². The van der Waals surface area contributed by atoms with E-state index in [9.17, 15) is 5.11 Å². The lowest BCUT2D eigenvalue weighted by Gasteiger charge is -2.27. The van der Waals surface area contributed by atoms with Gasteiger partial charge in [-0.2, -0.15) is 0 Å². The summed E-state index contributed by atoms with van der Waals surface area (Å²) >= 11 is 0. The molecule has 4 nitrogen and oxygen atoms in total. The number of para-hydroxylation sites is 1. The Morgan fingerprint density at radius 3 is 1.97 bits per heavy atom. The summed E-state index contributed by atoms with van der Waals surface area (Å²) in [5.74, 6) is -3.01. The first-order valence-electron chi connectivity index (χ1n) is 30.3. The number of pyridine rings is 1. The Labute approximate surface area is 402 Å². The molecule has 0 radical (unpaired) electrons. The third-order valence-corrected chi connectivity index (χ3v) is 11.7. The van der Waals surface area contributed by atoms with Crippen molar-refractivity contribution in [2.24, 2.45) is 0 Å². The maximum atomic E-state index is 13.1. The molecule has 0 saturated heterocycles. The van der Waals surface area contributed by atoms with Gasteiger partial charge in [0.25, 0.3) is 0 Å². The van der Waals surface area contributed by atoms with Crippen molar-refractivity contribution >= 4 is 11.0 Å². The Balaban J connectivity index is 1.62. The van der Waals surface area contributed by atoms with Gasteiger partial charge < -0.3 is 5.11 Å². The number of aryl methyl sites for hydroxylation is 2. The summed E-state index contributed by atoms with van der Waals surface area (Å²) in [5, 5.41) is 13.1. The SMILES string of the molecule is [2H]C(C)(C)c1ccc(-n2c(-c3cc(C(C([2H])([2H])[2H])(C([2H])([2H])[2H])C([2H])([2H])[2H])cc(C(C([2H])([2H])[2H])(C([2H])([2H])[2H])C([2H])([2H])[2H])c3O)nc3c(-c4cc(-c5cc(-c6c(C)cccc6C)ccn5)cc(C(C)(C)C)c4)cccc32)c(-c2ccccc2)c1. The van der Waals surface area contributed by atoms with Crippen LogP contribution in [-0.2, 0) is 16.2 Å². The van der Waals surface area contributed by atoms with E-state index in [0.717, 1.165) is 27.8 Å². The second-order valence-electron chi connectivity index (χ2n) is 17.7. The Morgan fingerprint density at radius 1 is 0.603 bits per heavy atom. The van der Waals surface area contributed by atoms with E-state index in [1.54, 1.807) is 86.8 Å². The second kappa shape index (κ2) is 16.1. The number of aromatic hydroxyl groups is 1. The molecule has 0 amide bonds. The molecule has 2 heterocycles. The Bertz CT molecular complexity index is 3640. The zero-order valence-electron chi connectivity index (χ0n) is 55.5. The number of benzene rings is 6. The van der Waals surface area contributed by atoms with E-state index >= 15 is 0 Å². The number of phenolic OH excluding ortho intramolecular Hbond substituents is 1. The van der Waals surface area contributed by atoms with Crippen LogP contribution in [0.15, 0.2) is 134 Å². The molecular formula is C59H63N3O. The van der Waals surface area contributed by atoms with E-state index in [1.807, 2.05) is 83.1 Å². The van der Waals surface area contributed by atoms with Gasteiger partial charge in [-0.3, -0.25) is 9.55 Å². The number of phenols is 1. The van der Waals surface area contributed by atoms with Crippen LogP contribution in [0.2, 0.25) is 0 Å². The van der Waals surface area contributed by atoms with Gasteiger partial charge in [-0.25, -0.2) is 4.98 Å². The van der Waals surface area contributed by atoms with Crippen molar-refractivity contribution in [2.75, 3.05) is 0 Å². The number of nitrogens with zero attached hydrogens (tertiary/aromatic N) is 3. The Hall–Kier alpha value is -6.26. The first-order chi connectivity index (χ1) is 37.5. The topological polar surface area (TPSA) is 50.9 Å². The van der Waals surface area contributed by atoms with Gasteiger partial charge in [0.05, 0.1) is 28.0 Å². The van der Waals surface area contributed by atoms with E-state index in [4.69, 9.17) is 36.0 Å². The zero-order valence-corrected chi connectivity index (χ0v) is 36.5. The molecule has 0 aliphatic heterocycles. The summed E-state index contributed by atoms with van der Waals surface area (Å²) in [6.07, 6.45) is 1.74. The van der Waals surface area contributed by atoms with Gasteiger partial charge in [0.2, 0.25) is 0 Å². The highest BCUT2D eigenvalue weighted by atomic mass is 16.3. The number of hydrogen-bond acceptors (Lipinski definition) is 3.